The van der Waals surface area contributed by atoms with E-state index in [-0.39, 0.29) is 6.42 Å². The molecule has 0 radical (unpaired) electrons. The van der Waals surface area contributed by atoms with Gasteiger partial charge in [-0.1, -0.05) is 51.0 Å². The lowest BCUT2D eigenvalue weighted by molar-refractivity contribution is 0.0215. The second-order valence-electron chi connectivity index (χ2n) is 5.52. The Kier molecular flexibility index (Phi) is 6.70. The van der Waals surface area contributed by atoms with Crippen molar-refractivity contribution in [3.05, 3.63) is 35.4 Å². The standard InChI is InChI=1S/C17H25NO2/c1-3-9-17(20,10-4-2)13-14-6-5-7-15(12-14)16(19)8-11-18/h5-7,12,16,19-20H,3-4,8-10,13H2,1-2H3. The van der Waals surface area contributed by atoms with Gasteiger partial charge in [0.15, 0.2) is 0 Å². The molecule has 0 amide bonds. The van der Waals surface area contributed by atoms with Crippen LogP contribution in [-0.2, 0) is 6.42 Å². The molecule has 2 N–H and O–H groups in total. The second kappa shape index (κ2) is 8.04. The van der Waals surface area contributed by atoms with Crippen LogP contribution < -0.4 is 0 Å². The van der Waals surface area contributed by atoms with E-state index in [0.29, 0.717) is 6.42 Å². The van der Waals surface area contributed by atoms with Crippen LogP contribution in [0.5, 0.6) is 0 Å². The maximum atomic E-state index is 10.7. The lowest BCUT2D eigenvalue weighted by Crippen LogP contribution is -2.31. The minimum Gasteiger partial charge on any atom is -0.390 e. The average Bonchev–Trinajstić information content (AvgIpc) is 2.39. The van der Waals surface area contributed by atoms with Crippen LogP contribution in [-0.4, -0.2) is 15.8 Å². The van der Waals surface area contributed by atoms with Crippen molar-refractivity contribution in [2.75, 3.05) is 0 Å². The van der Waals surface area contributed by atoms with E-state index in [1.807, 2.05) is 30.3 Å². The fourth-order valence-corrected chi connectivity index (χ4v) is 2.73. The zero-order chi connectivity index (χ0) is 15.0. The Hall–Kier alpha value is -1.37. The second-order valence-corrected chi connectivity index (χ2v) is 5.52. The Labute approximate surface area is 121 Å². The minimum atomic E-state index is -0.745. The summed E-state index contributed by atoms with van der Waals surface area (Å²) in [6, 6.07) is 9.55. The van der Waals surface area contributed by atoms with Crippen LogP contribution in [0, 0.1) is 11.3 Å². The van der Waals surface area contributed by atoms with E-state index >= 15 is 0 Å². The molecular formula is C17H25NO2. The van der Waals surface area contributed by atoms with E-state index in [0.717, 1.165) is 36.8 Å². The summed E-state index contributed by atoms with van der Waals surface area (Å²) in [5, 5.41) is 29.2. The van der Waals surface area contributed by atoms with Crippen LogP contribution in [0.4, 0.5) is 0 Å². The number of nitriles is 1. The van der Waals surface area contributed by atoms with Crippen molar-refractivity contribution in [3.8, 4) is 6.07 Å². The minimum absolute atomic E-state index is 0.0949. The normalized spacial score (nSPS) is 12.9. The number of aliphatic hydroxyl groups is 2. The van der Waals surface area contributed by atoms with Gasteiger partial charge in [-0.15, -0.1) is 0 Å². The van der Waals surface area contributed by atoms with Gasteiger partial charge in [0.25, 0.3) is 0 Å². The molecule has 1 aromatic carbocycles. The molecule has 1 unspecified atom stereocenters. The van der Waals surface area contributed by atoms with Crippen LogP contribution in [0.2, 0.25) is 0 Å². The summed E-state index contributed by atoms with van der Waals surface area (Å²) in [5.74, 6) is 0. The highest BCUT2D eigenvalue weighted by Gasteiger charge is 2.25. The van der Waals surface area contributed by atoms with Crippen molar-refractivity contribution in [3.63, 3.8) is 0 Å². The maximum Gasteiger partial charge on any atom is 0.0920 e. The van der Waals surface area contributed by atoms with E-state index in [2.05, 4.69) is 13.8 Å². The van der Waals surface area contributed by atoms with Crippen molar-refractivity contribution in [1.82, 2.24) is 0 Å². The zero-order valence-electron chi connectivity index (χ0n) is 12.5. The van der Waals surface area contributed by atoms with E-state index in [1.165, 1.54) is 0 Å². The molecule has 0 saturated carbocycles. The van der Waals surface area contributed by atoms with Gasteiger partial charge in [-0.05, 0) is 24.0 Å². The number of hydrogen-bond acceptors (Lipinski definition) is 3. The Morgan fingerprint density at radius 3 is 2.45 bits per heavy atom. The molecule has 0 aliphatic rings. The summed E-state index contributed by atoms with van der Waals surface area (Å²) >= 11 is 0. The first kappa shape index (κ1) is 16.7. The summed E-state index contributed by atoms with van der Waals surface area (Å²) in [6.45, 7) is 4.15. The molecule has 0 fully saturated rings. The summed E-state index contributed by atoms with van der Waals surface area (Å²) in [6.07, 6.45) is 3.42. The van der Waals surface area contributed by atoms with Crippen LogP contribution in [0.25, 0.3) is 0 Å². The molecule has 1 aromatic rings. The lowest BCUT2D eigenvalue weighted by atomic mass is 9.85. The molecule has 0 aromatic heterocycles. The molecule has 1 atom stereocenters. The molecule has 0 bridgehead atoms. The van der Waals surface area contributed by atoms with Crippen molar-refractivity contribution in [2.45, 2.75) is 64.1 Å². The maximum absolute atomic E-state index is 10.7. The highest BCUT2D eigenvalue weighted by Crippen LogP contribution is 2.26. The first-order valence-electron chi connectivity index (χ1n) is 7.41. The van der Waals surface area contributed by atoms with Crippen LogP contribution >= 0.6 is 0 Å². The number of rotatable bonds is 8. The van der Waals surface area contributed by atoms with Crippen LogP contribution in [0.3, 0.4) is 0 Å². The van der Waals surface area contributed by atoms with Crippen molar-refractivity contribution >= 4 is 0 Å². The number of hydrogen-bond donors (Lipinski definition) is 2. The van der Waals surface area contributed by atoms with E-state index in [1.54, 1.807) is 0 Å². The quantitative estimate of drug-likeness (QED) is 0.763. The molecule has 0 spiro atoms. The molecule has 3 nitrogen and oxygen atoms in total. The predicted molar refractivity (Wildman–Crippen MR) is 80.1 cm³/mol. The van der Waals surface area contributed by atoms with Gasteiger partial charge in [-0.3, -0.25) is 0 Å². The third-order valence-corrected chi connectivity index (χ3v) is 3.58. The number of aliphatic hydroxyl groups excluding tert-OH is 1. The van der Waals surface area contributed by atoms with Crippen LogP contribution in [0.1, 0.15) is 63.2 Å². The van der Waals surface area contributed by atoms with Gasteiger partial charge >= 0.3 is 0 Å². The lowest BCUT2D eigenvalue weighted by Gasteiger charge is -2.28. The third kappa shape index (κ3) is 4.96. The molecule has 110 valence electrons. The van der Waals surface area contributed by atoms with Crippen molar-refractivity contribution < 1.29 is 10.2 Å². The number of benzene rings is 1. The molecule has 20 heavy (non-hydrogen) atoms. The molecule has 1 rings (SSSR count). The molecule has 0 heterocycles. The van der Waals surface area contributed by atoms with Gasteiger partial charge < -0.3 is 10.2 Å². The van der Waals surface area contributed by atoms with E-state index in [9.17, 15) is 10.2 Å². The third-order valence-electron chi connectivity index (χ3n) is 3.58. The van der Waals surface area contributed by atoms with E-state index in [4.69, 9.17) is 5.26 Å². The van der Waals surface area contributed by atoms with Crippen molar-refractivity contribution in [1.29, 1.82) is 5.26 Å². The Morgan fingerprint density at radius 2 is 1.90 bits per heavy atom. The smallest absolute Gasteiger partial charge is 0.0920 e. The monoisotopic (exact) mass is 275 g/mol. The number of nitrogens with zero attached hydrogens (tertiary/aromatic N) is 1. The topological polar surface area (TPSA) is 64.2 Å². The van der Waals surface area contributed by atoms with Gasteiger partial charge in [0.2, 0.25) is 0 Å². The predicted octanol–water partition coefficient (Wildman–Crippen LogP) is 3.51. The van der Waals surface area contributed by atoms with Gasteiger partial charge in [0.05, 0.1) is 24.2 Å². The zero-order valence-corrected chi connectivity index (χ0v) is 12.5. The summed E-state index contributed by atoms with van der Waals surface area (Å²) < 4.78 is 0. The molecular weight excluding hydrogens is 250 g/mol. The largest absolute Gasteiger partial charge is 0.390 e. The summed E-state index contributed by atoms with van der Waals surface area (Å²) in [7, 11) is 0. The Balaban J connectivity index is 2.86. The summed E-state index contributed by atoms with van der Waals surface area (Å²) in [5.41, 5.74) is 1.10. The van der Waals surface area contributed by atoms with Crippen molar-refractivity contribution in [2.24, 2.45) is 0 Å². The van der Waals surface area contributed by atoms with Gasteiger partial charge in [-0.2, -0.15) is 5.26 Å². The molecule has 0 aliphatic carbocycles. The molecule has 3 heteroatoms. The van der Waals surface area contributed by atoms with Gasteiger partial charge in [0.1, 0.15) is 0 Å². The first-order valence-corrected chi connectivity index (χ1v) is 7.41. The Morgan fingerprint density at radius 1 is 1.25 bits per heavy atom. The highest BCUT2D eigenvalue weighted by atomic mass is 16.3. The Bertz CT molecular complexity index is 445. The molecule has 0 saturated heterocycles. The van der Waals surface area contributed by atoms with Gasteiger partial charge in [0, 0.05) is 6.42 Å². The SMILES string of the molecule is CCCC(O)(CCC)Cc1cccc(C(O)CC#N)c1. The average molecular weight is 275 g/mol. The van der Waals surface area contributed by atoms with Crippen LogP contribution in [0.15, 0.2) is 24.3 Å². The fraction of sp³-hybridized carbons (Fsp3) is 0.588. The first-order chi connectivity index (χ1) is 9.54. The van der Waals surface area contributed by atoms with Gasteiger partial charge in [-0.25, -0.2) is 0 Å². The van der Waals surface area contributed by atoms with E-state index < -0.39 is 11.7 Å². The molecule has 0 aliphatic heterocycles. The fourth-order valence-electron chi connectivity index (χ4n) is 2.73. The summed E-state index contributed by atoms with van der Waals surface area (Å²) in [4.78, 5) is 0. The highest BCUT2D eigenvalue weighted by molar-refractivity contribution is 5.27.